The van der Waals surface area contributed by atoms with Crippen molar-refractivity contribution in [3.63, 3.8) is 0 Å². The molecule has 0 fully saturated rings. The van der Waals surface area contributed by atoms with Crippen molar-refractivity contribution in [2.75, 3.05) is 0 Å². The highest BCUT2D eigenvalue weighted by molar-refractivity contribution is 5.64. The maximum Gasteiger partial charge on any atom is 0.0973 e. The molecule has 0 saturated carbocycles. The van der Waals surface area contributed by atoms with Crippen LogP contribution >= 0.6 is 0 Å². The van der Waals surface area contributed by atoms with Crippen molar-refractivity contribution in [1.29, 1.82) is 0 Å². The van der Waals surface area contributed by atoms with Gasteiger partial charge in [0, 0.05) is 23.1 Å². The van der Waals surface area contributed by atoms with E-state index in [-0.39, 0.29) is 0 Å². The van der Waals surface area contributed by atoms with E-state index < -0.39 is 6.17 Å². The lowest BCUT2D eigenvalue weighted by atomic mass is 10.0. The third kappa shape index (κ3) is 7.33. The fourth-order valence-electron chi connectivity index (χ4n) is 3.42. The maximum absolute atomic E-state index is 12.8. The van der Waals surface area contributed by atoms with Crippen LogP contribution < -0.4 is 0 Å². The molecule has 0 radical (unpaired) electrons. The molecule has 0 amide bonds. The second-order valence-electron chi connectivity index (χ2n) is 8.01. The van der Waals surface area contributed by atoms with E-state index in [0.29, 0.717) is 6.42 Å². The Labute approximate surface area is 185 Å². The number of benzene rings is 2. The van der Waals surface area contributed by atoms with Crippen molar-refractivity contribution >= 4 is 0 Å². The van der Waals surface area contributed by atoms with Crippen molar-refractivity contribution in [1.82, 2.24) is 10.2 Å². The molecule has 1 heterocycles. The first-order valence-corrected chi connectivity index (χ1v) is 11.3. The van der Waals surface area contributed by atoms with Crippen molar-refractivity contribution in [3.8, 4) is 34.4 Å². The first-order valence-electron chi connectivity index (χ1n) is 11.3. The minimum atomic E-state index is -0.747. The molecule has 0 spiro atoms. The van der Waals surface area contributed by atoms with E-state index in [0.717, 1.165) is 47.3 Å². The molecule has 0 aliphatic rings. The van der Waals surface area contributed by atoms with E-state index in [4.69, 9.17) is 0 Å². The van der Waals surface area contributed by atoms with E-state index in [1.54, 1.807) is 6.92 Å². The molecular weight excluding hydrogens is 383 g/mol. The quantitative estimate of drug-likeness (QED) is 0.269. The number of rotatable bonds is 9. The van der Waals surface area contributed by atoms with E-state index >= 15 is 0 Å². The van der Waals surface area contributed by atoms with Crippen LogP contribution in [0.25, 0.3) is 22.5 Å². The van der Waals surface area contributed by atoms with Gasteiger partial charge in [0.1, 0.15) is 0 Å². The first-order chi connectivity index (χ1) is 15.2. The van der Waals surface area contributed by atoms with Gasteiger partial charge in [-0.2, -0.15) is 0 Å². The zero-order valence-electron chi connectivity index (χ0n) is 18.6. The van der Waals surface area contributed by atoms with Crippen molar-refractivity contribution in [2.45, 2.75) is 65.0 Å². The largest absolute Gasteiger partial charge is 0.248 e. The van der Waals surface area contributed by atoms with Gasteiger partial charge >= 0.3 is 0 Å². The molecule has 0 saturated heterocycles. The standard InChI is InChI=1S/C28H31FN2/c1-3-4-6-10-23-12-16-25(17-13-23)27-20-21-28(31-30-27)26-18-14-24(15-19-26)11-8-5-7-9-22(2)29/h12-22H,3-7,9-10H2,1-2H3. The first kappa shape index (κ1) is 22.7. The fourth-order valence-corrected chi connectivity index (χ4v) is 3.42. The average Bonchev–Trinajstić information content (AvgIpc) is 2.80. The Bertz CT molecular complexity index is 978. The van der Waals surface area contributed by atoms with Crippen LogP contribution in [-0.2, 0) is 6.42 Å². The molecule has 31 heavy (non-hydrogen) atoms. The van der Waals surface area contributed by atoms with Crippen LogP contribution in [-0.4, -0.2) is 16.4 Å². The number of aryl methyl sites for hydroxylation is 1. The molecule has 3 rings (SSSR count). The number of hydrogen-bond donors (Lipinski definition) is 0. The van der Waals surface area contributed by atoms with Crippen molar-refractivity contribution in [3.05, 3.63) is 71.8 Å². The van der Waals surface area contributed by atoms with Crippen LogP contribution in [0.1, 0.15) is 63.5 Å². The molecular formula is C28H31FN2. The van der Waals surface area contributed by atoms with E-state index in [2.05, 4.69) is 53.2 Å². The highest BCUT2D eigenvalue weighted by Crippen LogP contribution is 2.22. The lowest BCUT2D eigenvalue weighted by Crippen LogP contribution is -1.92. The predicted molar refractivity (Wildman–Crippen MR) is 127 cm³/mol. The maximum atomic E-state index is 12.8. The Morgan fingerprint density at radius 3 is 1.97 bits per heavy atom. The lowest BCUT2D eigenvalue weighted by molar-refractivity contribution is 0.336. The molecule has 3 aromatic rings. The van der Waals surface area contributed by atoms with Crippen molar-refractivity contribution in [2.24, 2.45) is 0 Å². The van der Waals surface area contributed by atoms with Gasteiger partial charge in [0.25, 0.3) is 0 Å². The lowest BCUT2D eigenvalue weighted by Gasteiger charge is -2.05. The summed E-state index contributed by atoms with van der Waals surface area (Å²) in [7, 11) is 0. The molecule has 0 N–H and O–H groups in total. The summed E-state index contributed by atoms with van der Waals surface area (Å²) in [6.45, 7) is 3.82. The van der Waals surface area contributed by atoms with Crippen LogP contribution in [0.5, 0.6) is 0 Å². The topological polar surface area (TPSA) is 25.8 Å². The van der Waals surface area contributed by atoms with Gasteiger partial charge < -0.3 is 0 Å². The minimum absolute atomic E-state index is 0.575. The third-order valence-electron chi connectivity index (χ3n) is 5.30. The number of unbranched alkanes of at least 4 members (excludes halogenated alkanes) is 3. The Morgan fingerprint density at radius 2 is 1.42 bits per heavy atom. The Morgan fingerprint density at radius 1 is 0.806 bits per heavy atom. The molecule has 1 unspecified atom stereocenters. The van der Waals surface area contributed by atoms with Gasteiger partial charge in [-0.3, -0.25) is 0 Å². The van der Waals surface area contributed by atoms with Gasteiger partial charge in [-0.05, 0) is 62.4 Å². The molecule has 1 aromatic heterocycles. The number of hydrogen-bond acceptors (Lipinski definition) is 2. The van der Waals surface area contributed by atoms with Gasteiger partial charge in [-0.15, -0.1) is 10.2 Å². The number of aromatic nitrogens is 2. The second kappa shape index (κ2) is 12.0. The predicted octanol–water partition coefficient (Wildman–Crippen LogP) is 7.42. The summed E-state index contributed by atoms with van der Waals surface area (Å²) in [4.78, 5) is 0. The van der Waals surface area contributed by atoms with Crippen LogP contribution in [0, 0.1) is 11.8 Å². The Hall–Kier alpha value is -2.99. The molecule has 0 aliphatic carbocycles. The van der Waals surface area contributed by atoms with Crippen LogP contribution in [0.4, 0.5) is 4.39 Å². The smallest absolute Gasteiger partial charge is 0.0973 e. The van der Waals surface area contributed by atoms with Crippen LogP contribution in [0.15, 0.2) is 60.7 Å². The summed E-state index contributed by atoms with van der Waals surface area (Å²) in [6, 6.07) is 20.7. The van der Waals surface area contributed by atoms with E-state index in [1.807, 2.05) is 36.4 Å². The number of halogens is 1. The summed E-state index contributed by atoms with van der Waals surface area (Å²) in [5.41, 5.74) is 6.17. The van der Waals surface area contributed by atoms with Crippen LogP contribution in [0.2, 0.25) is 0 Å². The monoisotopic (exact) mass is 414 g/mol. The van der Waals surface area contributed by atoms with E-state index in [9.17, 15) is 4.39 Å². The fraction of sp³-hybridized carbons (Fsp3) is 0.357. The zero-order valence-corrected chi connectivity index (χ0v) is 18.6. The van der Waals surface area contributed by atoms with Gasteiger partial charge in [-0.1, -0.05) is 68.0 Å². The Kier molecular flexibility index (Phi) is 8.79. The third-order valence-corrected chi connectivity index (χ3v) is 5.30. The second-order valence-corrected chi connectivity index (χ2v) is 8.01. The molecule has 0 bridgehead atoms. The SMILES string of the molecule is CCCCCc1ccc(-c2ccc(-c3ccc(C#CCCCC(C)F)cc3)nn2)cc1. The van der Waals surface area contributed by atoms with Gasteiger partial charge in [0.05, 0.1) is 17.6 Å². The highest BCUT2D eigenvalue weighted by Gasteiger charge is 2.04. The molecule has 2 aromatic carbocycles. The molecule has 1 atom stereocenters. The van der Waals surface area contributed by atoms with Gasteiger partial charge in [0.15, 0.2) is 0 Å². The summed E-state index contributed by atoms with van der Waals surface area (Å²) in [6.07, 6.45) is 6.26. The normalized spacial score (nSPS) is 11.6. The minimum Gasteiger partial charge on any atom is -0.248 e. The number of alkyl halides is 1. The Balaban J connectivity index is 1.59. The highest BCUT2D eigenvalue weighted by atomic mass is 19.1. The van der Waals surface area contributed by atoms with Gasteiger partial charge in [0.2, 0.25) is 0 Å². The molecule has 3 heteroatoms. The summed E-state index contributed by atoms with van der Waals surface area (Å²) >= 11 is 0. The number of nitrogens with zero attached hydrogens (tertiary/aromatic N) is 2. The summed E-state index contributed by atoms with van der Waals surface area (Å²) < 4.78 is 12.8. The molecule has 2 nitrogen and oxygen atoms in total. The van der Waals surface area contributed by atoms with E-state index in [1.165, 1.54) is 24.8 Å². The summed E-state index contributed by atoms with van der Waals surface area (Å²) in [5.74, 6) is 6.25. The van der Waals surface area contributed by atoms with Gasteiger partial charge in [-0.25, -0.2) is 4.39 Å². The zero-order chi connectivity index (χ0) is 21.9. The molecule has 160 valence electrons. The van der Waals surface area contributed by atoms with Crippen LogP contribution in [0.3, 0.4) is 0 Å². The average molecular weight is 415 g/mol. The van der Waals surface area contributed by atoms with Crippen molar-refractivity contribution < 1.29 is 4.39 Å². The summed E-state index contributed by atoms with van der Waals surface area (Å²) in [5, 5.41) is 8.85. The molecule has 0 aliphatic heterocycles.